The van der Waals surface area contributed by atoms with Crippen LogP contribution >= 0.6 is 0 Å². The topological polar surface area (TPSA) is 41.2 Å². The van der Waals surface area contributed by atoms with E-state index in [-0.39, 0.29) is 12.0 Å². The van der Waals surface area contributed by atoms with Crippen LogP contribution in [0.15, 0.2) is 144 Å². The summed E-state index contributed by atoms with van der Waals surface area (Å²) in [6.45, 7) is 2.23. The number of nitrogens with one attached hydrogen (secondary N) is 1. The smallest absolute Gasteiger partial charge is 0.128 e. The van der Waals surface area contributed by atoms with Crippen LogP contribution in [0, 0.1) is 35.0 Å². The number of hydrogen-bond donors (Lipinski definition) is 1. The van der Waals surface area contributed by atoms with E-state index in [4.69, 9.17) is 10.1 Å². The van der Waals surface area contributed by atoms with Gasteiger partial charge >= 0.3 is 0 Å². The van der Waals surface area contributed by atoms with Gasteiger partial charge in [0.1, 0.15) is 11.9 Å². The Morgan fingerprint density at radius 2 is 1.82 bits per heavy atom. The Hall–Kier alpha value is -5.35. The molecule has 9 unspecified atom stereocenters. The SMILES string of the molecule is CCC(C=N)C1C=C(C2=CCCC=C2)C=C(n2c3c(c4ccccc42)=CC(C2=CC4C5CCC=CC5N(c5ccc6c(c5)C5C=CC=CC5O6)C4C=C2)CC=3)C1. The van der Waals surface area contributed by atoms with Crippen molar-refractivity contribution in [3.05, 3.63) is 160 Å². The molecule has 1 N–H and O–H groups in total. The van der Waals surface area contributed by atoms with Gasteiger partial charge < -0.3 is 19.6 Å². The summed E-state index contributed by atoms with van der Waals surface area (Å²) in [6, 6.07) is 16.7. The van der Waals surface area contributed by atoms with E-state index in [2.05, 4.69) is 156 Å². The second kappa shape index (κ2) is 13.7. The lowest BCUT2D eigenvalue weighted by atomic mass is 9.76. The van der Waals surface area contributed by atoms with Crippen molar-refractivity contribution in [2.24, 2.45) is 29.6 Å². The summed E-state index contributed by atoms with van der Waals surface area (Å²) >= 11 is 0. The van der Waals surface area contributed by atoms with E-state index in [1.807, 2.05) is 0 Å². The van der Waals surface area contributed by atoms with Crippen molar-refractivity contribution < 1.29 is 4.74 Å². The van der Waals surface area contributed by atoms with Crippen molar-refractivity contribution in [3.63, 3.8) is 0 Å². The monoisotopic (exact) mass is 733 g/mol. The highest BCUT2D eigenvalue weighted by molar-refractivity contribution is 5.87. The lowest BCUT2D eigenvalue weighted by Gasteiger charge is -2.33. The predicted molar refractivity (Wildman–Crippen MR) is 232 cm³/mol. The summed E-state index contributed by atoms with van der Waals surface area (Å²) < 4.78 is 8.91. The van der Waals surface area contributed by atoms with Crippen LogP contribution in [0.3, 0.4) is 0 Å². The number of allylic oxidation sites excluding steroid dienone is 13. The van der Waals surface area contributed by atoms with Gasteiger partial charge in [0.15, 0.2) is 0 Å². The first-order chi connectivity index (χ1) is 27.7. The number of rotatable bonds is 7. The molecule has 8 aliphatic rings. The third-order valence-corrected chi connectivity index (χ3v) is 14.2. The van der Waals surface area contributed by atoms with Gasteiger partial charge in [-0.3, -0.25) is 0 Å². The molecule has 6 aliphatic carbocycles. The number of ether oxygens (including phenoxy) is 1. The van der Waals surface area contributed by atoms with Crippen LogP contribution < -0.4 is 20.2 Å². The van der Waals surface area contributed by atoms with Crippen LogP contribution in [0.4, 0.5) is 5.69 Å². The molecule has 4 nitrogen and oxygen atoms in total. The van der Waals surface area contributed by atoms with Gasteiger partial charge in [-0.05, 0) is 122 Å². The minimum Gasteiger partial charge on any atom is -0.485 e. The second-order valence-corrected chi connectivity index (χ2v) is 17.1. The largest absolute Gasteiger partial charge is 0.485 e. The zero-order chi connectivity index (χ0) is 37.3. The highest BCUT2D eigenvalue weighted by Gasteiger charge is 2.48. The Balaban J connectivity index is 0.950. The molecule has 56 heavy (non-hydrogen) atoms. The van der Waals surface area contributed by atoms with Crippen molar-refractivity contribution in [3.8, 4) is 5.75 Å². The van der Waals surface area contributed by atoms with Gasteiger partial charge in [0.05, 0.1) is 17.6 Å². The number of nitrogens with zero attached hydrogens (tertiary/aromatic N) is 2. The van der Waals surface area contributed by atoms with Crippen LogP contribution in [-0.2, 0) is 0 Å². The second-order valence-electron chi connectivity index (χ2n) is 17.1. The van der Waals surface area contributed by atoms with E-state index >= 15 is 0 Å². The molecule has 0 saturated carbocycles. The molecule has 280 valence electrons. The number of anilines is 1. The first-order valence-electron chi connectivity index (χ1n) is 21.3. The van der Waals surface area contributed by atoms with E-state index in [1.165, 1.54) is 61.6 Å². The van der Waals surface area contributed by atoms with E-state index < -0.39 is 0 Å². The summed E-state index contributed by atoms with van der Waals surface area (Å²) in [4.78, 5) is 2.72. The van der Waals surface area contributed by atoms with Gasteiger partial charge in [0, 0.05) is 50.7 Å². The maximum atomic E-state index is 8.31. The molecule has 2 aromatic carbocycles. The highest BCUT2D eigenvalue weighted by atomic mass is 16.5. The van der Waals surface area contributed by atoms with E-state index in [0.29, 0.717) is 41.7 Å². The van der Waals surface area contributed by atoms with Gasteiger partial charge in [-0.2, -0.15) is 0 Å². The zero-order valence-corrected chi connectivity index (χ0v) is 32.3. The Kier molecular flexibility index (Phi) is 8.30. The van der Waals surface area contributed by atoms with Crippen LogP contribution in [0.25, 0.3) is 28.8 Å². The third kappa shape index (κ3) is 5.43. The first-order valence-corrected chi connectivity index (χ1v) is 21.3. The lowest BCUT2D eigenvalue weighted by molar-refractivity contribution is 0.269. The minimum atomic E-state index is 0.111. The number of benzene rings is 2. The molecule has 3 aromatic rings. The van der Waals surface area contributed by atoms with Crippen molar-refractivity contribution in [1.82, 2.24) is 4.57 Å². The van der Waals surface area contributed by atoms with E-state index in [0.717, 1.165) is 44.3 Å². The third-order valence-electron chi connectivity index (χ3n) is 14.2. The maximum absolute atomic E-state index is 8.31. The Labute approximate surface area is 330 Å². The molecule has 1 aromatic heterocycles. The molecule has 9 atom stereocenters. The average molecular weight is 734 g/mol. The molecule has 0 radical (unpaired) electrons. The number of fused-ring (bicyclic) bond motifs is 9. The molecular formula is C52H51N3O. The first kappa shape index (κ1) is 33.9. The average Bonchev–Trinajstić information content (AvgIpc) is 3.91. The van der Waals surface area contributed by atoms with Gasteiger partial charge in [0.25, 0.3) is 0 Å². The molecular weight excluding hydrogens is 683 g/mol. The van der Waals surface area contributed by atoms with Crippen molar-refractivity contribution in [2.75, 3.05) is 4.90 Å². The van der Waals surface area contributed by atoms with E-state index in [1.54, 1.807) is 6.21 Å². The molecule has 0 bridgehead atoms. The molecule has 11 rings (SSSR count). The lowest BCUT2D eigenvalue weighted by Crippen LogP contribution is -2.37. The predicted octanol–water partition coefficient (Wildman–Crippen LogP) is 10.3. The summed E-state index contributed by atoms with van der Waals surface area (Å²) in [5, 5.41) is 12.3. The molecule has 0 spiro atoms. The van der Waals surface area contributed by atoms with Crippen LogP contribution in [-0.4, -0.2) is 29.0 Å². The normalized spacial score (nSPS) is 31.1. The van der Waals surface area contributed by atoms with Crippen LogP contribution in [0.1, 0.15) is 63.4 Å². The van der Waals surface area contributed by atoms with Crippen molar-refractivity contribution in [2.45, 2.75) is 76.0 Å². The molecule has 3 heterocycles. The number of aromatic nitrogens is 1. The Morgan fingerprint density at radius 3 is 2.71 bits per heavy atom. The molecule has 4 heteroatoms. The zero-order valence-electron chi connectivity index (χ0n) is 32.3. The van der Waals surface area contributed by atoms with Crippen molar-refractivity contribution >= 4 is 40.7 Å². The standard InChI is InChI=1S/C52H51N3O/c1-2-33(32-53)37-26-38(34-12-4-3-5-13-34)28-40(27-37)55-48-18-10-7-15-42(48)45-30-36(21-24-50(45)55)35-20-23-49-44(29-35)41-14-6-9-17-47(41)54(49)39-22-25-52-46(31-39)43-16-8-11-19-51(43)56-52/h4,7-13,15-20,22-26,28-33,36-37,41,43-44,47,49,51,53H,2-3,5-6,14,21,27H2,1H3. The van der Waals surface area contributed by atoms with Gasteiger partial charge in [0.2, 0.25) is 0 Å². The van der Waals surface area contributed by atoms with Crippen LogP contribution in [0.2, 0.25) is 0 Å². The fourth-order valence-corrected chi connectivity index (χ4v) is 11.4. The quantitative estimate of drug-likeness (QED) is 0.194. The molecule has 2 aliphatic heterocycles. The fourth-order valence-electron chi connectivity index (χ4n) is 11.4. The summed E-state index contributed by atoms with van der Waals surface area (Å²) in [5.41, 5.74) is 9.38. The summed E-state index contributed by atoms with van der Waals surface area (Å²) in [6.07, 6.45) is 47.7. The van der Waals surface area contributed by atoms with E-state index in [9.17, 15) is 0 Å². The molecule has 1 saturated heterocycles. The molecule has 0 amide bonds. The van der Waals surface area contributed by atoms with Gasteiger partial charge in [-0.15, -0.1) is 0 Å². The Bertz CT molecular complexity index is 2550. The number of para-hydroxylation sites is 1. The fraction of sp³-hybridized carbons (Fsp3) is 0.327. The molecule has 1 fully saturated rings. The van der Waals surface area contributed by atoms with Crippen molar-refractivity contribution in [1.29, 1.82) is 5.41 Å². The Morgan fingerprint density at radius 1 is 0.893 bits per heavy atom. The summed E-state index contributed by atoms with van der Waals surface area (Å²) in [7, 11) is 0. The maximum Gasteiger partial charge on any atom is 0.128 e. The number of hydrogen-bond acceptors (Lipinski definition) is 3. The summed E-state index contributed by atoms with van der Waals surface area (Å²) in [5.74, 6) is 3.28. The van der Waals surface area contributed by atoms with Crippen LogP contribution in [0.5, 0.6) is 5.75 Å². The van der Waals surface area contributed by atoms with Gasteiger partial charge in [-0.1, -0.05) is 110 Å². The highest BCUT2D eigenvalue weighted by Crippen LogP contribution is 2.50. The minimum absolute atomic E-state index is 0.111. The van der Waals surface area contributed by atoms with Gasteiger partial charge in [-0.25, -0.2) is 0 Å².